The molecular weight excluding hydrogens is 380 g/mol. The third-order valence-electron chi connectivity index (χ3n) is 4.56. The predicted octanol–water partition coefficient (Wildman–Crippen LogP) is 2.52. The molecule has 0 N–H and O–H groups in total. The Balaban J connectivity index is 1.65. The first-order valence-corrected chi connectivity index (χ1v) is 10.7. The van der Waals surface area contributed by atoms with Gasteiger partial charge in [0.2, 0.25) is 10.0 Å². The number of benzene rings is 2. The molecule has 7 nitrogen and oxygen atoms in total. The largest absolute Gasteiger partial charge is 0.490 e. The molecule has 3 rings (SSSR count). The molecule has 1 amide bonds. The molecule has 150 valence electrons. The average Bonchev–Trinajstić information content (AvgIpc) is 2.72. The van der Waals surface area contributed by atoms with E-state index in [2.05, 4.69) is 0 Å². The van der Waals surface area contributed by atoms with Crippen LogP contribution in [0.3, 0.4) is 0 Å². The minimum atomic E-state index is -3.51. The van der Waals surface area contributed by atoms with Crippen LogP contribution in [0.25, 0.3) is 0 Å². The zero-order valence-electron chi connectivity index (χ0n) is 16.0. The Hall–Kier alpha value is -2.58. The van der Waals surface area contributed by atoms with E-state index in [1.165, 1.54) is 16.4 Å². The van der Waals surface area contributed by atoms with E-state index in [4.69, 9.17) is 9.47 Å². The van der Waals surface area contributed by atoms with Crippen LogP contribution in [0.2, 0.25) is 0 Å². The van der Waals surface area contributed by atoms with E-state index < -0.39 is 10.0 Å². The average molecular weight is 404 g/mol. The van der Waals surface area contributed by atoms with Crippen LogP contribution in [0, 0.1) is 0 Å². The quantitative estimate of drug-likeness (QED) is 0.709. The Kier molecular flexibility index (Phi) is 6.21. The summed E-state index contributed by atoms with van der Waals surface area (Å²) >= 11 is 0. The molecule has 0 saturated heterocycles. The third-order valence-corrected chi connectivity index (χ3v) is 6.62. The van der Waals surface area contributed by atoms with Gasteiger partial charge in [0.05, 0.1) is 17.1 Å². The lowest BCUT2D eigenvalue weighted by Crippen LogP contribution is -2.40. The van der Waals surface area contributed by atoms with E-state index in [0.717, 1.165) is 5.69 Å². The Morgan fingerprint density at radius 1 is 1.11 bits per heavy atom. The van der Waals surface area contributed by atoms with Gasteiger partial charge in [-0.1, -0.05) is 26.0 Å². The van der Waals surface area contributed by atoms with E-state index in [9.17, 15) is 13.2 Å². The monoisotopic (exact) mass is 404 g/mol. The number of ether oxygens (including phenoxy) is 2. The molecule has 0 aliphatic carbocycles. The molecule has 0 fully saturated rings. The van der Waals surface area contributed by atoms with Crippen LogP contribution >= 0.6 is 0 Å². The number of hydrogen-bond acceptors (Lipinski definition) is 5. The van der Waals surface area contributed by atoms with Crippen molar-refractivity contribution in [2.75, 3.05) is 37.7 Å². The van der Waals surface area contributed by atoms with Crippen molar-refractivity contribution in [1.82, 2.24) is 4.31 Å². The fourth-order valence-corrected chi connectivity index (χ4v) is 4.53. The van der Waals surface area contributed by atoms with Gasteiger partial charge < -0.3 is 14.4 Å². The fraction of sp³-hybridized carbons (Fsp3) is 0.350. The van der Waals surface area contributed by atoms with Crippen LogP contribution in [-0.2, 0) is 14.8 Å². The van der Waals surface area contributed by atoms with Crippen LogP contribution in [-0.4, -0.2) is 51.5 Å². The number of anilines is 1. The van der Waals surface area contributed by atoms with Gasteiger partial charge in [-0.25, -0.2) is 8.42 Å². The first kappa shape index (κ1) is 20.2. The molecule has 28 heavy (non-hydrogen) atoms. The highest BCUT2D eigenvalue weighted by atomic mass is 32.2. The lowest BCUT2D eigenvalue weighted by atomic mass is 10.2. The molecule has 0 radical (unpaired) electrons. The maximum absolute atomic E-state index is 12.6. The molecule has 1 aliphatic rings. The topological polar surface area (TPSA) is 76.2 Å². The number of rotatable bonds is 7. The third kappa shape index (κ3) is 4.13. The van der Waals surface area contributed by atoms with Crippen molar-refractivity contribution in [2.24, 2.45) is 0 Å². The molecule has 2 aromatic rings. The van der Waals surface area contributed by atoms with Crippen LogP contribution in [0.4, 0.5) is 5.69 Å². The Labute approximate surface area is 165 Å². The molecule has 0 saturated carbocycles. The van der Waals surface area contributed by atoms with Gasteiger partial charge in [-0.05, 0) is 36.4 Å². The Morgan fingerprint density at radius 2 is 1.79 bits per heavy atom. The molecule has 1 aliphatic heterocycles. The summed E-state index contributed by atoms with van der Waals surface area (Å²) in [6.45, 7) is 5.17. The zero-order valence-corrected chi connectivity index (χ0v) is 16.8. The van der Waals surface area contributed by atoms with E-state index in [1.807, 2.05) is 24.3 Å². The van der Waals surface area contributed by atoms with Crippen LogP contribution < -0.4 is 14.4 Å². The second-order valence-electron chi connectivity index (χ2n) is 6.21. The van der Waals surface area contributed by atoms with Gasteiger partial charge in [0.25, 0.3) is 5.91 Å². The second-order valence-corrected chi connectivity index (χ2v) is 8.15. The van der Waals surface area contributed by atoms with Crippen molar-refractivity contribution in [3.8, 4) is 11.5 Å². The van der Waals surface area contributed by atoms with Gasteiger partial charge in [0.15, 0.2) is 6.61 Å². The highest BCUT2D eigenvalue weighted by Crippen LogP contribution is 2.31. The van der Waals surface area contributed by atoms with E-state index >= 15 is 0 Å². The fourth-order valence-electron chi connectivity index (χ4n) is 3.07. The molecule has 1 heterocycles. The lowest BCUT2D eigenvalue weighted by molar-refractivity contribution is -0.120. The van der Waals surface area contributed by atoms with Gasteiger partial charge in [-0.15, -0.1) is 0 Å². The number of carbonyl (C=O) groups is 1. The summed E-state index contributed by atoms with van der Waals surface area (Å²) in [7, 11) is -3.51. The highest BCUT2D eigenvalue weighted by molar-refractivity contribution is 7.89. The standard InChI is InChI=1S/C20H24N2O5S/c1-3-21(4-2)28(24,25)17-11-9-16(10-12-17)27-15-20(23)22-13-14-26-19-8-6-5-7-18(19)22/h5-12H,3-4,13-15H2,1-2H3. The summed E-state index contributed by atoms with van der Waals surface area (Å²) in [6, 6.07) is 13.5. The first-order valence-electron chi connectivity index (χ1n) is 9.22. The second kappa shape index (κ2) is 8.62. The van der Waals surface area contributed by atoms with E-state index in [1.54, 1.807) is 30.9 Å². The summed E-state index contributed by atoms with van der Waals surface area (Å²) in [5.74, 6) is 0.928. The molecule has 0 bridgehead atoms. The SMILES string of the molecule is CCN(CC)S(=O)(=O)c1ccc(OCC(=O)N2CCOc3ccccc32)cc1. The Morgan fingerprint density at radius 3 is 2.46 bits per heavy atom. The highest BCUT2D eigenvalue weighted by Gasteiger charge is 2.24. The minimum Gasteiger partial charge on any atom is -0.490 e. The van der Waals surface area contributed by atoms with Crippen molar-refractivity contribution in [2.45, 2.75) is 18.7 Å². The van der Waals surface area contributed by atoms with E-state index in [-0.39, 0.29) is 17.4 Å². The van der Waals surface area contributed by atoms with Gasteiger partial charge in [-0.3, -0.25) is 4.79 Å². The van der Waals surface area contributed by atoms with Gasteiger partial charge >= 0.3 is 0 Å². The minimum absolute atomic E-state index is 0.142. The molecule has 2 aromatic carbocycles. The summed E-state index contributed by atoms with van der Waals surface area (Å²) < 4.78 is 37.5. The molecule has 8 heteroatoms. The molecule has 0 unspecified atom stereocenters. The van der Waals surface area contributed by atoms with Crippen LogP contribution in [0.15, 0.2) is 53.4 Å². The number of fused-ring (bicyclic) bond motifs is 1. The van der Waals surface area contributed by atoms with Crippen molar-refractivity contribution >= 4 is 21.6 Å². The number of para-hydroxylation sites is 2. The zero-order chi connectivity index (χ0) is 20.1. The van der Waals surface area contributed by atoms with Gasteiger partial charge in [0, 0.05) is 13.1 Å². The normalized spacial score (nSPS) is 13.8. The molecule has 0 spiro atoms. The molecule has 0 aromatic heterocycles. The van der Waals surface area contributed by atoms with Gasteiger partial charge in [-0.2, -0.15) is 4.31 Å². The Bertz CT molecular complexity index is 924. The summed E-state index contributed by atoms with van der Waals surface area (Å²) in [4.78, 5) is 14.4. The predicted molar refractivity (Wildman–Crippen MR) is 106 cm³/mol. The van der Waals surface area contributed by atoms with Crippen molar-refractivity contribution in [3.05, 3.63) is 48.5 Å². The smallest absolute Gasteiger partial charge is 0.265 e. The van der Waals surface area contributed by atoms with Crippen molar-refractivity contribution in [1.29, 1.82) is 0 Å². The number of hydrogen-bond donors (Lipinski definition) is 0. The summed E-state index contributed by atoms with van der Waals surface area (Å²) in [5, 5.41) is 0. The van der Waals surface area contributed by atoms with Crippen molar-refractivity contribution < 1.29 is 22.7 Å². The van der Waals surface area contributed by atoms with Crippen molar-refractivity contribution in [3.63, 3.8) is 0 Å². The van der Waals surface area contributed by atoms with Crippen LogP contribution in [0.5, 0.6) is 11.5 Å². The number of sulfonamides is 1. The number of nitrogens with zero attached hydrogens (tertiary/aromatic N) is 2. The summed E-state index contributed by atoms with van der Waals surface area (Å²) in [6.07, 6.45) is 0. The van der Waals surface area contributed by atoms with Gasteiger partial charge in [0.1, 0.15) is 18.1 Å². The molecular formula is C20H24N2O5S. The first-order chi connectivity index (χ1) is 13.5. The molecule has 0 atom stereocenters. The maximum Gasteiger partial charge on any atom is 0.265 e. The maximum atomic E-state index is 12.6. The number of amides is 1. The van der Waals surface area contributed by atoms with E-state index in [0.29, 0.717) is 37.7 Å². The number of carbonyl (C=O) groups excluding carboxylic acids is 1. The lowest BCUT2D eigenvalue weighted by Gasteiger charge is -2.29. The summed E-state index contributed by atoms with van der Waals surface area (Å²) in [5.41, 5.74) is 0.725. The van der Waals surface area contributed by atoms with Crippen LogP contribution in [0.1, 0.15) is 13.8 Å².